The first kappa shape index (κ1) is 14.3. The third kappa shape index (κ3) is 2.21. The summed E-state index contributed by atoms with van der Waals surface area (Å²) in [6.07, 6.45) is 3.62. The van der Waals surface area contributed by atoms with Crippen molar-refractivity contribution in [1.29, 1.82) is 0 Å². The summed E-state index contributed by atoms with van der Waals surface area (Å²) < 4.78 is 11.2. The van der Waals surface area contributed by atoms with E-state index in [0.717, 1.165) is 6.29 Å². The maximum Gasteiger partial charge on any atom is 0.323 e. The SMILES string of the molecule is COC(=O)C1(C(=O)OC)CC1CCn1cccc1C=O. The second kappa shape index (κ2) is 5.48. The van der Waals surface area contributed by atoms with Gasteiger partial charge in [-0.2, -0.15) is 0 Å². The number of ether oxygens (including phenoxy) is 2. The molecule has 2 rings (SSSR count). The Kier molecular flexibility index (Phi) is 3.92. The molecule has 0 bridgehead atoms. The highest BCUT2D eigenvalue weighted by molar-refractivity contribution is 6.03. The van der Waals surface area contributed by atoms with Gasteiger partial charge in [0.25, 0.3) is 0 Å². The first-order valence-electron chi connectivity index (χ1n) is 6.37. The van der Waals surface area contributed by atoms with Crippen molar-refractivity contribution < 1.29 is 23.9 Å². The standard InChI is InChI=1S/C14H17NO5/c1-19-12(17)14(13(18)20-2)8-10(14)5-7-15-6-3-4-11(15)9-16/h3-4,6,9-10H,5,7-8H2,1-2H3. The van der Waals surface area contributed by atoms with Crippen molar-refractivity contribution in [2.45, 2.75) is 19.4 Å². The van der Waals surface area contributed by atoms with Crippen LogP contribution in [0.1, 0.15) is 23.3 Å². The lowest BCUT2D eigenvalue weighted by Crippen LogP contribution is -2.30. The molecule has 1 fully saturated rings. The van der Waals surface area contributed by atoms with E-state index in [1.165, 1.54) is 14.2 Å². The molecule has 1 aliphatic carbocycles. The normalized spacial score (nSPS) is 19.2. The average molecular weight is 279 g/mol. The van der Waals surface area contributed by atoms with Crippen molar-refractivity contribution in [3.63, 3.8) is 0 Å². The fourth-order valence-corrected chi connectivity index (χ4v) is 2.66. The number of methoxy groups -OCH3 is 2. The number of aromatic nitrogens is 1. The van der Waals surface area contributed by atoms with E-state index in [0.29, 0.717) is 25.1 Å². The summed E-state index contributed by atoms with van der Waals surface area (Å²) in [6, 6.07) is 3.50. The molecule has 1 aromatic heterocycles. The quantitative estimate of drug-likeness (QED) is 0.442. The van der Waals surface area contributed by atoms with E-state index in [2.05, 4.69) is 0 Å². The molecule has 1 heterocycles. The van der Waals surface area contributed by atoms with Gasteiger partial charge in [-0.1, -0.05) is 0 Å². The Morgan fingerprint density at radius 2 is 2.05 bits per heavy atom. The maximum absolute atomic E-state index is 11.8. The molecular formula is C14H17NO5. The van der Waals surface area contributed by atoms with Crippen molar-refractivity contribution in [3.8, 4) is 0 Å². The predicted molar refractivity (Wildman–Crippen MR) is 69.0 cm³/mol. The Balaban J connectivity index is 2.03. The minimum Gasteiger partial charge on any atom is -0.468 e. The molecular weight excluding hydrogens is 262 g/mol. The number of hydrogen-bond donors (Lipinski definition) is 0. The van der Waals surface area contributed by atoms with Gasteiger partial charge in [0.1, 0.15) is 0 Å². The third-order valence-electron chi connectivity index (χ3n) is 3.91. The third-order valence-corrected chi connectivity index (χ3v) is 3.91. The molecule has 1 unspecified atom stereocenters. The fraction of sp³-hybridized carbons (Fsp3) is 0.500. The molecule has 0 radical (unpaired) electrons. The van der Waals surface area contributed by atoms with Gasteiger partial charge in [0.15, 0.2) is 11.7 Å². The van der Waals surface area contributed by atoms with Crippen molar-refractivity contribution in [3.05, 3.63) is 24.0 Å². The van der Waals surface area contributed by atoms with Gasteiger partial charge in [-0.05, 0) is 30.9 Å². The Morgan fingerprint density at radius 3 is 2.60 bits per heavy atom. The van der Waals surface area contributed by atoms with Crippen LogP contribution in [0.5, 0.6) is 0 Å². The van der Waals surface area contributed by atoms with E-state index in [9.17, 15) is 14.4 Å². The van der Waals surface area contributed by atoms with Crippen LogP contribution in [0.4, 0.5) is 0 Å². The largest absolute Gasteiger partial charge is 0.468 e. The number of carbonyl (C=O) groups is 3. The molecule has 1 atom stereocenters. The number of esters is 2. The Bertz CT molecular complexity index is 517. The van der Waals surface area contributed by atoms with Gasteiger partial charge in [0, 0.05) is 12.7 Å². The lowest BCUT2D eigenvalue weighted by molar-refractivity contribution is -0.162. The second-order valence-corrected chi connectivity index (χ2v) is 4.89. The average Bonchev–Trinajstić information content (AvgIpc) is 3.04. The first-order chi connectivity index (χ1) is 9.59. The molecule has 0 spiro atoms. The highest BCUT2D eigenvalue weighted by Crippen LogP contribution is 2.56. The van der Waals surface area contributed by atoms with Crippen LogP contribution >= 0.6 is 0 Å². The topological polar surface area (TPSA) is 74.6 Å². The molecule has 1 aliphatic rings. The molecule has 1 aromatic rings. The number of carbonyl (C=O) groups excluding carboxylic acids is 3. The second-order valence-electron chi connectivity index (χ2n) is 4.89. The van der Waals surface area contributed by atoms with Gasteiger partial charge in [0.05, 0.1) is 19.9 Å². The van der Waals surface area contributed by atoms with E-state index in [4.69, 9.17) is 9.47 Å². The van der Waals surface area contributed by atoms with Crippen LogP contribution < -0.4 is 0 Å². The number of aldehydes is 1. The summed E-state index contributed by atoms with van der Waals surface area (Å²) in [5.74, 6) is -1.20. The molecule has 0 amide bonds. The van der Waals surface area contributed by atoms with Gasteiger partial charge in [-0.25, -0.2) is 0 Å². The molecule has 0 aliphatic heterocycles. The van der Waals surface area contributed by atoms with E-state index < -0.39 is 17.4 Å². The maximum atomic E-state index is 11.8. The zero-order valence-electron chi connectivity index (χ0n) is 11.5. The minimum atomic E-state index is -1.15. The predicted octanol–water partition coefficient (Wildman–Crippen LogP) is 1.04. The molecule has 0 N–H and O–H groups in total. The number of nitrogens with zero attached hydrogens (tertiary/aromatic N) is 1. The number of hydrogen-bond acceptors (Lipinski definition) is 5. The molecule has 6 nitrogen and oxygen atoms in total. The Morgan fingerprint density at radius 1 is 1.40 bits per heavy atom. The smallest absolute Gasteiger partial charge is 0.323 e. The monoisotopic (exact) mass is 279 g/mol. The van der Waals surface area contributed by atoms with Gasteiger partial charge in [0.2, 0.25) is 0 Å². The van der Waals surface area contributed by atoms with E-state index >= 15 is 0 Å². The van der Waals surface area contributed by atoms with Crippen molar-refractivity contribution >= 4 is 18.2 Å². The van der Waals surface area contributed by atoms with Crippen molar-refractivity contribution in [2.24, 2.45) is 11.3 Å². The Labute approximate surface area is 116 Å². The van der Waals surface area contributed by atoms with Gasteiger partial charge in [-0.3, -0.25) is 14.4 Å². The summed E-state index contributed by atoms with van der Waals surface area (Å²) in [5, 5.41) is 0. The minimum absolute atomic E-state index is 0.107. The zero-order chi connectivity index (χ0) is 14.8. The molecule has 108 valence electrons. The highest BCUT2D eigenvalue weighted by Gasteiger charge is 2.67. The van der Waals surface area contributed by atoms with Crippen LogP contribution in [0.25, 0.3) is 0 Å². The molecule has 0 aromatic carbocycles. The van der Waals surface area contributed by atoms with Crippen LogP contribution in [0.2, 0.25) is 0 Å². The molecule has 6 heteroatoms. The summed E-state index contributed by atoms with van der Waals surface area (Å²) >= 11 is 0. The molecule has 0 saturated heterocycles. The molecule has 1 saturated carbocycles. The van der Waals surface area contributed by atoms with Crippen LogP contribution in [0.15, 0.2) is 18.3 Å². The Hall–Kier alpha value is -2.11. The van der Waals surface area contributed by atoms with Crippen molar-refractivity contribution in [2.75, 3.05) is 14.2 Å². The van der Waals surface area contributed by atoms with E-state index in [1.54, 1.807) is 22.9 Å². The number of aryl methyl sites for hydroxylation is 1. The van der Waals surface area contributed by atoms with Crippen LogP contribution in [-0.4, -0.2) is 37.0 Å². The van der Waals surface area contributed by atoms with E-state index in [-0.39, 0.29) is 5.92 Å². The fourth-order valence-electron chi connectivity index (χ4n) is 2.66. The first-order valence-corrected chi connectivity index (χ1v) is 6.37. The summed E-state index contributed by atoms with van der Waals surface area (Å²) in [5.41, 5.74) is -0.578. The summed E-state index contributed by atoms with van der Waals surface area (Å²) in [7, 11) is 2.53. The zero-order valence-corrected chi connectivity index (χ0v) is 11.5. The summed E-state index contributed by atoms with van der Waals surface area (Å²) in [4.78, 5) is 34.4. The molecule has 20 heavy (non-hydrogen) atoms. The van der Waals surface area contributed by atoms with Crippen molar-refractivity contribution in [1.82, 2.24) is 4.57 Å². The van der Waals surface area contributed by atoms with Crippen LogP contribution in [0.3, 0.4) is 0 Å². The van der Waals surface area contributed by atoms with E-state index in [1.807, 2.05) is 0 Å². The highest BCUT2D eigenvalue weighted by atomic mass is 16.5. The van der Waals surface area contributed by atoms with Gasteiger partial charge < -0.3 is 14.0 Å². The van der Waals surface area contributed by atoms with Crippen LogP contribution in [0, 0.1) is 11.3 Å². The van der Waals surface area contributed by atoms with Gasteiger partial charge in [-0.15, -0.1) is 0 Å². The van der Waals surface area contributed by atoms with Gasteiger partial charge >= 0.3 is 11.9 Å². The lowest BCUT2D eigenvalue weighted by Gasteiger charge is -2.12. The lowest BCUT2D eigenvalue weighted by atomic mass is 10.0. The summed E-state index contributed by atoms with van der Waals surface area (Å²) in [6.45, 7) is 0.571. The van der Waals surface area contributed by atoms with Crippen LogP contribution in [-0.2, 0) is 25.6 Å². The number of rotatable bonds is 6.